The van der Waals surface area contributed by atoms with E-state index in [9.17, 15) is 0 Å². The summed E-state index contributed by atoms with van der Waals surface area (Å²) in [5.74, 6) is 0.680. The van der Waals surface area contributed by atoms with Crippen molar-refractivity contribution in [1.82, 2.24) is 19.5 Å². The number of aromatic nitrogens is 4. The van der Waals surface area contributed by atoms with Crippen molar-refractivity contribution in [2.75, 3.05) is 0 Å². The molecule has 0 unspecified atom stereocenters. The number of pyridine rings is 1. The normalized spacial score (nSPS) is 11.6. The number of para-hydroxylation sites is 1. The molecule has 0 bridgehead atoms. The molecule has 0 saturated carbocycles. The fraction of sp³-hybridized carbons (Fsp3) is 0. The minimum absolute atomic E-state index is 0.680. The topological polar surface area (TPSA) is 43.6 Å². The SMILES string of the molecule is c1ccc(-c2c3ccccc3c(-c3ccc(-c4nc(-c5ccc(-c6ccc7c(c6)c6cnccc6n7-c6ccccc6)cc5)cc(-c5cccc6ccccc56)n4)cc3)c3ccccc23)cc1. The number of hydrogen-bond donors (Lipinski definition) is 0. The predicted molar refractivity (Wildman–Crippen MR) is 279 cm³/mol. The van der Waals surface area contributed by atoms with Gasteiger partial charge in [-0.05, 0) is 102 Å². The molecule has 13 rings (SSSR count). The summed E-state index contributed by atoms with van der Waals surface area (Å²) in [6, 6.07) is 82.4. The largest absolute Gasteiger partial charge is 0.309 e. The number of nitrogens with zero attached hydrogens (tertiary/aromatic N) is 4. The summed E-state index contributed by atoms with van der Waals surface area (Å²) in [5, 5.41) is 9.56. The van der Waals surface area contributed by atoms with Crippen molar-refractivity contribution in [3.63, 3.8) is 0 Å². The Hall–Kier alpha value is -8.99. The summed E-state index contributed by atoms with van der Waals surface area (Å²) >= 11 is 0. The lowest BCUT2D eigenvalue weighted by Crippen LogP contribution is -1.97. The molecule has 0 saturated heterocycles. The van der Waals surface area contributed by atoms with Crippen LogP contribution in [0, 0.1) is 0 Å². The minimum atomic E-state index is 0.680. The van der Waals surface area contributed by atoms with Crippen molar-refractivity contribution >= 4 is 54.1 Å². The maximum absolute atomic E-state index is 5.32. The van der Waals surface area contributed by atoms with Crippen molar-refractivity contribution in [3.8, 4) is 73.0 Å². The highest BCUT2D eigenvalue weighted by molar-refractivity contribution is 6.21. The molecule has 312 valence electrons. The number of fused-ring (bicyclic) bond motifs is 6. The predicted octanol–water partition coefficient (Wildman–Crippen LogP) is 16.4. The first kappa shape index (κ1) is 38.5. The van der Waals surface area contributed by atoms with Gasteiger partial charge >= 0.3 is 0 Å². The van der Waals surface area contributed by atoms with Crippen LogP contribution in [0.1, 0.15) is 0 Å². The van der Waals surface area contributed by atoms with E-state index in [4.69, 9.17) is 9.97 Å². The second-order valence-corrected chi connectivity index (χ2v) is 17.1. The average Bonchev–Trinajstić information content (AvgIpc) is 3.74. The lowest BCUT2D eigenvalue weighted by atomic mass is 9.86. The fourth-order valence-electron chi connectivity index (χ4n) is 10.2. The Bertz CT molecular complexity index is 3940. The van der Waals surface area contributed by atoms with Gasteiger partial charge in [0, 0.05) is 45.5 Å². The van der Waals surface area contributed by atoms with Crippen LogP contribution in [0.5, 0.6) is 0 Å². The van der Waals surface area contributed by atoms with E-state index in [1.54, 1.807) is 0 Å². The zero-order valence-corrected chi connectivity index (χ0v) is 36.4. The van der Waals surface area contributed by atoms with E-state index in [2.05, 4.69) is 240 Å². The first-order valence-electron chi connectivity index (χ1n) is 22.7. The fourth-order valence-corrected chi connectivity index (χ4v) is 10.2. The van der Waals surface area contributed by atoms with Gasteiger partial charge < -0.3 is 4.57 Å². The number of rotatable bonds is 7. The smallest absolute Gasteiger partial charge is 0.160 e. The first-order valence-corrected chi connectivity index (χ1v) is 22.7. The summed E-state index contributed by atoms with van der Waals surface area (Å²) in [4.78, 5) is 15.2. The molecular formula is C63H40N4. The lowest BCUT2D eigenvalue weighted by Gasteiger charge is -2.18. The summed E-state index contributed by atoms with van der Waals surface area (Å²) in [7, 11) is 0. The van der Waals surface area contributed by atoms with Crippen LogP contribution in [-0.2, 0) is 0 Å². The summed E-state index contributed by atoms with van der Waals surface area (Å²) in [6.45, 7) is 0. The zero-order valence-electron chi connectivity index (χ0n) is 36.4. The van der Waals surface area contributed by atoms with Crippen LogP contribution in [-0.4, -0.2) is 19.5 Å². The second-order valence-electron chi connectivity index (χ2n) is 17.1. The highest BCUT2D eigenvalue weighted by Gasteiger charge is 2.19. The minimum Gasteiger partial charge on any atom is -0.309 e. The van der Waals surface area contributed by atoms with Gasteiger partial charge in [-0.25, -0.2) is 9.97 Å². The average molecular weight is 853 g/mol. The van der Waals surface area contributed by atoms with Crippen LogP contribution >= 0.6 is 0 Å². The van der Waals surface area contributed by atoms with Crippen molar-refractivity contribution in [1.29, 1.82) is 0 Å². The molecule has 3 aromatic heterocycles. The van der Waals surface area contributed by atoms with E-state index >= 15 is 0 Å². The second kappa shape index (κ2) is 15.9. The van der Waals surface area contributed by atoms with Gasteiger partial charge in [0.1, 0.15) is 0 Å². The summed E-state index contributed by atoms with van der Waals surface area (Å²) < 4.78 is 2.32. The van der Waals surface area contributed by atoms with E-state index in [1.165, 1.54) is 49.0 Å². The van der Waals surface area contributed by atoms with Gasteiger partial charge in [0.15, 0.2) is 5.82 Å². The van der Waals surface area contributed by atoms with Crippen molar-refractivity contribution in [3.05, 3.63) is 243 Å². The molecule has 3 heterocycles. The zero-order chi connectivity index (χ0) is 44.3. The first-order chi connectivity index (χ1) is 33.2. The Kier molecular flexibility index (Phi) is 9.14. The Labute approximate surface area is 387 Å². The molecule has 0 aliphatic heterocycles. The van der Waals surface area contributed by atoms with Crippen LogP contribution in [0.4, 0.5) is 0 Å². The quantitative estimate of drug-likeness (QED) is 0.150. The molecule has 0 aliphatic carbocycles. The third-order valence-electron chi connectivity index (χ3n) is 13.3. The van der Waals surface area contributed by atoms with E-state index in [-0.39, 0.29) is 0 Å². The molecule has 0 amide bonds. The molecule has 0 N–H and O–H groups in total. The van der Waals surface area contributed by atoms with Gasteiger partial charge in [-0.3, -0.25) is 4.98 Å². The molecule has 13 aromatic rings. The molecule has 0 atom stereocenters. The Morgan fingerprint density at radius 1 is 0.313 bits per heavy atom. The van der Waals surface area contributed by atoms with Crippen LogP contribution < -0.4 is 0 Å². The van der Waals surface area contributed by atoms with Gasteiger partial charge in [0.05, 0.1) is 22.4 Å². The molecule has 4 nitrogen and oxygen atoms in total. The highest BCUT2D eigenvalue weighted by Crippen LogP contribution is 2.44. The number of benzene rings is 10. The molecule has 0 fully saturated rings. The maximum Gasteiger partial charge on any atom is 0.160 e. The third kappa shape index (κ3) is 6.57. The summed E-state index contributed by atoms with van der Waals surface area (Å²) in [6.07, 6.45) is 3.85. The van der Waals surface area contributed by atoms with E-state index < -0.39 is 0 Å². The van der Waals surface area contributed by atoms with Gasteiger partial charge in [0.25, 0.3) is 0 Å². The standard InChI is InChI=1S/C63H40N4/c1-3-15-44(16-4-1)61-51-21-9-11-23-53(51)62(54-24-12-10-22-52(54)61)45-30-32-46(33-31-45)63-65-57(39-58(66-63)50-25-13-17-42-14-7-8-20-49(42)50)43-28-26-41(27-29-43)47-34-35-59-55(38-47)56-40-64-37-36-60(56)67(59)48-18-5-2-6-19-48/h1-40H. The van der Waals surface area contributed by atoms with E-state index in [1.807, 2.05) is 12.4 Å². The monoisotopic (exact) mass is 852 g/mol. The van der Waals surface area contributed by atoms with E-state index in [0.717, 1.165) is 72.3 Å². The Morgan fingerprint density at radius 2 is 0.836 bits per heavy atom. The third-order valence-corrected chi connectivity index (χ3v) is 13.3. The maximum atomic E-state index is 5.32. The molecule has 4 heteroatoms. The molecule has 67 heavy (non-hydrogen) atoms. The van der Waals surface area contributed by atoms with Crippen molar-refractivity contribution in [2.45, 2.75) is 0 Å². The van der Waals surface area contributed by atoms with Crippen molar-refractivity contribution in [2.24, 2.45) is 0 Å². The van der Waals surface area contributed by atoms with Crippen LogP contribution in [0.3, 0.4) is 0 Å². The van der Waals surface area contributed by atoms with Crippen LogP contribution in [0.25, 0.3) is 127 Å². The summed E-state index contributed by atoms with van der Waals surface area (Å²) in [5.41, 5.74) is 15.3. The van der Waals surface area contributed by atoms with Gasteiger partial charge in [-0.2, -0.15) is 0 Å². The van der Waals surface area contributed by atoms with Gasteiger partial charge in [0.2, 0.25) is 0 Å². The van der Waals surface area contributed by atoms with Crippen molar-refractivity contribution < 1.29 is 0 Å². The Morgan fingerprint density at radius 3 is 1.54 bits per heavy atom. The van der Waals surface area contributed by atoms with Crippen LogP contribution in [0.2, 0.25) is 0 Å². The molecule has 0 aliphatic rings. The van der Waals surface area contributed by atoms with Gasteiger partial charge in [-0.15, -0.1) is 0 Å². The van der Waals surface area contributed by atoms with E-state index in [0.29, 0.717) is 5.82 Å². The Balaban J connectivity index is 0.917. The molecule has 0 spiro atoms. The molecule has 10 aromatic carbocycles. The molecular weight excluding hydrogens is 813 g/mol. The number of hydrogen-bond acceptors (Lipinski definition) is 3. The van der Waals surface area contributed by atoms with Gasteiger partial charge in [-0.1, -0.05) is 194 Å². The molecule has 0 radical (unpaired) electrons. The lowest BCUT2D eigenvalue weighted by molar-refractivity contribution is 1.17. The van der Waals surface area contributed by atoms with Crippen LogP contribution in [0.15, 0.2) is 243 Å². The highest BCUT2D eigenvalue weighted by atomic mass is 15.0.